The van der Waals surface area contributed by atoms with Gasteiger partial charge in [-0.2, -0.15) is 5.10 Å². The molecule has 160 valence electrons. The number of thioether (sulfide) groups is 1. The molecule has 0 fully saturated rings. The van der Waals surface area contributed by atoms with Gasteiger partial charge in [0.2, 0.25) is 0 Å². The number of hydrogen-bond donors (Lipinski definition) is 1. The number of hydrazone groups is 1. The van der Waals surface area contributed by atoms with E-state index in [0.29, 0.717) is 16.0 Å². The Kier molecular flexibility index (Phi) is 6.99. The fourth-order valence-corrected chi connectivity index (χ4v) is 3.92. The summed E-state index contributed by atoms with van der Waals surface area (Å²) in [5.74, 6) is 0.597. The fourth-order valence-electron chi connectivity index (χ4n) is 3.05. The third-order valence-corrected chi connectivity index (χ3v) is 5.71. The summed E-state index contributed by atoms with van der Waals surface area (Å²) < 4.78 is 1.93. The molecule has 1 N–H and O–H groups in total. The summed E-state index contributed by atoms with van der Waals surface area (Å²) in [6, 6.07) is 25.1. The molecule has 4 aromatic rings. The Morgan fingerprint density at radius 2 is 1.84 bits per heavy atom. The molecule has 0 aliphatic heterocycles. The van der Waals surface area contributed by atoms with Crippen molar-refractivity contribution in [1.82, 2.24) is 20.2 Å². The molecule has 0 unspecified atom stereocenters. The van der Waals surface area contributed by atoms with E-state index in [0.717, 1.165) is 22.4 Å². The first-order valence-corrected chi connectivity index (χ1v) is 11.2. The van der Waals surface area contributed by atoms with Crippen LogP contribution in [0.25, 0.3) is 17.1 Å². The first kappa shape index (κ1) is 21.8. The predicted octanol–water partition coefficient (Wildman–Crippen LogP) is 5.14. The van der Waals surface area contributed by atoms with Gasteiger partial charge >= 0.3 is 0 Å². The lowest BCUT2D eigenvalue weighted by Gasteiger charge is -2.10. The van der Waals surface area contributed by atoms with Gasteiger partial charge in [0.1, 0.15) is 0 Å². The van der Waals surface area contributed by atoms with E-state index in [2.05, 4.69) is 20.7 Å². The maximum atomic E-state index is 12.3. The van der Waals surface area contributed by atoms with Gasteiger partial charge in [-0.1, -0.05) is 71.4 Å². The summed E-state index contributed by atoms with van der Waals surface area (Å²) in [4.78, 5) is 12.3. The van der Waals surface area contributed by atoms with Crippen LogP contribution in [0.15, 0.2) is 89.1 Å². The summed E-state index contributed by atoms with van der Waals surface area (Å²) in [7, 11) is 0. The molecule has 0 atom stereocenters. The zero-order valence-corrected chi connectivity index (χ0v) is 18.8. The van der Waals surface area contributed by atoms with E-state index in [4.69, 9.17) is 11.6 Å². The van der Waals surface area contributed by atoms with Crippen molar-refractivity contribution in [2.75, 3.05) is 5.75 Å². The number of aromatic nitrogens is 3. The average Bonchev–Trinajstić information content (AvgIpc) is 3.23. The van der Waals surface area contributed by atoms with E-state index in [-0.39, 0.29) is 11.7 Å². The first-order chi connectivity index (χ1) is 15.6. The highest BCUT2D eigenvalue weighted by atomic mass is 35.5. The number of rotatable bonds is 7. The number of para-hydroxylation sites is 1. The number of carbonyl (C=O) groups excluding carboxylic acids is 1. The molecule has 1 aromatic heterocycles. The van der Waals surface area contributed by atoms with Crippen LogP contribution in [-0.4, -0.2) is 32.6 Å². The highest BCUT2D eigenvalue weighted by molar-refractivity contribution is 7.99. The Balaban J connectivity index is 1.49. The lowest BCUT2D eigenvalue weighted by Crippen LogP contribution is -2.20. The Morgan fingerprint density at radius 3 is 2.59 bits per heavy atom. The van der Waals surface area contributed by atoms with Crippen LogP contribution >= 0.6 is 23.4 Å². The minimum Gasteiger partial charge on any atom is -0.272 e. The summed E-state index contributed by atoms with van der Waals surface area (Å²) in [5.41, 5.74) is 6.40. The van der Waals surface area contributed by atoms with Gasteiger partial charge in [0.25, 0.3) is 5.91 Å². The molecule has 0 saturated heterocycles. The monoisotopic (exact) mass is 461 g/mol. The third-order valence-electron chi connectivity index (χ3n) is 4.53. The lowest BCUT2D eigenvalue weighted by molar-refractivity contribution is -0.118. The standard InChI is InChI=1S/C24H20ClN5OS/c1-17-6-5-7-18(14-17)15-26-27-22(31)16-32-24-29-28-23(19-10-12-20(25)13-11-19)30(24)21-8-3-2-4-9-21/h2-15H,16H2,1H3,(H,27,31). The number of hydrogen-bond acceptors (Lipinski definition) is 5. The van der Waals surface area contributed by atoms with Crippen LogP contribution < -0.4 is 5.43 Å². The Bertz CT molecular complexity index is 1240. The first-order valence-electron chi connectivity index (χ1n) is 9.88. The van der Waals surface area contributed by atoms with Gasteiger partial charge < -0.3 is 0 Å². The number of carbonyl (C=O) groups is 1. The smallest absolute Gasteiger partial charge is 0.250 e. The van der Waals surface area contributed by atoms with E-state index in [9.17, 15) is 4.79 Å². The number of nitrogens with zero attached hydrogens (tertiary/aromatic N) is 4. The van der Waals surface area contributed by atoms with E-state index < -0.39 is 0 Å². The van der Waals surface area contributed by atoms with Crippen molar-refractivity contribution in [2.45, 2.75) is 12.1 Å². The highest BCUT2D eigenvalue weighted by Gasteiger charge is 2.17. The molecule has 0 aliphatic rings. The van der Waals surface area contributed by atoms with Crippen LogP contribution in [0.5, 0.6) is 0 Å². The molecule has 3 aromatic carbocycles. The molecule has 0 aliphatic carbocycles. The van der Waals surface area contributed by atoms with Crippen LogP contribution in [0.1, 0.15) is 11.1 Å². The molecule has 0 spiro atoms. The van der Waals surface area contributed by atoms with Crippen molar-refractivity contribution in [1.29, 1.82) is 0 Å². The second-order valence-electron chi connectivity index (χ2n) is 6.98. The number of halogens is 1. The van der Waals surface area contributed by atoms with Gasteiger partial charge in [0, 0.05) is 16.3 Å². The van der Waals surface area contributed by atoms with Gasteiger partial charge in [-0.05, 0) is 48.9 Å². The Labute approximate surface area is 195 Å². The van der Waals surface area contributed by atoms with E-state index >= 15 is 0 Å². The maximum absolute atomic E-state index is 12.3. The summed E-state index contributed by atoms with van der Waals surface area (Å²) in [5, 5.41) is 14.0. The largest absolute Gasteiger partial charge is 0.272 e. The van der Waals surface area contributed by atoms with Gasteiger partial charge in [-0.3, -0.25) is 9.36 Å². The van der Waals surface area contributed by atoms with E-state index in [1.165, 1.54) is 11.8 Å². The van der Waals surface area contributed by atoms with Crippen LogP contribution in [0, 0.1) is 6.92 Å². The van der Waals surface area contributed by atoms with Crippen LogP contribution in [0.4, 0.5) is 0 Å². The van der Waals surface area contributed by atoms with Gasteiger partial charge in [-0.15, -0.1) is 10.2 Å². The van der Waals surface area contributed by atoms with Crippen molar-refractivity contribution < 1.29 is 4.79 Å². The molecule has 32 heavy (non-hydrogen) atoms. The van der Waals surface area contributed by atoms with E-state index in [1.807, 2.05) is 90.4 Å². The summed E-state index contributed by atoms with van der Waals surface area (Å²) in [6.45, 7) is 2.01. The predicted molar refractivity (Wildman–Crippen MR) is 129 cm³/mol. The molecule has 0 saturated carbocycles. The molecule has 0 bridgehead atoms. The molecular weight excluding hydrogens is 442 g/mol. The number of aryl methyl sites for hydroxylation is 1. The number of benzene rings is 3. The van der Waals surface area contributed by atoms with Gasteiger partial charge in [0.15, 0.2) is 11.0 Å². The van der Waals surface area contributed by atoms with Crippen LogP contribution in [0.3, 0.4) is 0 Å². The van der Waals surface area contributed by atoms with Crippen molar-refractivity contribution >= 4 is 35.5 Å². The minimum atomic E-state index is -0.227. The molecule has 0 radical (unpaired) electrons. The van der Waals surface area contributed by atoms with Crippen molar-refractivity contribution in [3.05, 3.63) is 95.0 Å². The second kappa shape index (κ2) is 10.3. The fraction of sp³-hybridized carbons (Fsp3) is 0.0833. The van der Waals surface area contributed by atoms with Crippen LogP contribution in [0.2, 0.25) is 5.02 Å². The molecule has 6 nitrogen and oxygen atoms in total. The normalized spacial score (nSPS) is 11.1. The molecule has 1 amide bonds. The molecular formula is C24H20ClN5OS. The summed E-state index contributed by atoms with van der Waals surface area (Å²) >= 11 is 7.33. The number of nitrogens with one attached hydrogen (secondary N) is 1. The minimum absolute atomic E-state index is 0.150. The van der Waals surface area contributed by atoms with E-state index in [1.54, 1.807) is 6.21 Å². The molecule has 1 heterocycles. The highest BCUT2D eigenvalue weighted by Crippen LogP contribution is 2.28. The zero-order valence-electron chi connectivity index (χ0n) is 17.3. The molecule has 8 heteroatoms. The second-order valence-corrected chi connectivity index (χ2v) is 8.36. The van der Waals surface area contributed by atoms with Gasteiger partial charge in [0.05, 0.1) is 12.0 Å². The number of amides is 1. The maximum Gasteiger partial charge on any atom is 0.250 e. The van der Waals surface area contributed by atoms with Crippen molar-refractivity contribution in [3.63, 3.8) is 0 Å². The quantitative estimate of drug-likeness (QED) is 0.235. The SMILES string of the molecule is Cc1cccc(C=NNC(=O)CSc2nnc(-c3ccc(Cl)cc3)n2-c2ccccc2)c1. The average molecular weight is 462 g/mol. The van der Waals surface area contributed by atoms with Crippen molar-refractivity contribution in [3.8, 4) is 17.1 Å². The van der Waals surface area contributed by atoms with Crippen LogP contribution in [-0.2, 0) is 4.79 Å². The van der Waals surface area contributed by atoms with Crippen molar-refractivity contribution in [2.24, 2.45) is 5.10 Å². The Morgan fingerprint density at radius 1 is 1.06 bits per heavy atom. The third kappa shape index (κ3) is 5.43. The van der Waals surface area contributed by atoms with Gasteiger partial charge in [-0.25, -0.2) is 5.43 Å². The Hall–Kier alpha value is -3.42. The zero-order chi connectivity index (χ0) is 22.3. The lowest BCUT2D eigenvalue weighted by atomic mass is 10.2. The summed E-state index contributed by atoms with van der Waals surface area (Å²) in [6.07, 6.45) is 1.63. The molecule has 4 rings (SSSR count). The topological polar surface area (TPSA) is 72.2 Å².